The van der Waals surface area contributed by atoms with Gasteiger partial charge in [-0.3, -0.25) is 4.79 Å². The molecule has 0 aliphatic carbocycles. The zero-order valence-electron chi connectivity index (χ0n) is 10.3. The molecule has 2 atom stereocenters. The van der Waals surface area contributed by atoms with Crippen molar-refractivity contribution in [3.63, 3.8) is 0 Å². The molecule has 0 bridgehead atoms. The summed E-state index contributed by atoms with van der Waals surface area (Å²) < 4.78 is 10.1. The Bertz CT molecular complexity index is 371. The molecule has 0 amide bonds. The number of carbonyl (C=O) groups excluding carboxylic acids is 1. The SMILES string of the molecule is CCC(OC)C(C(=O)OC)c1ccccc1O. The molecular weight excluding hydrogens is 220 g/mol. The molecule has 0 fully saturated rings. The van der Waals surface area contributed by atoms with Crippen molar-refractivity contribution >= 4 is 5.97 Å². The van der Waals surface area contributed by atoms with Crippen molar-refractivity contribution < 1.29 is 19.4 Å². The molecule has 0 aromatic heterocycles. The van der Waals surface area contributed by atoms with Gasteiger partial charge in [0.15, 0.2) is 0 Å². The summed E-state index contributed by atoms with van der Waals surface area (Å²) in [6.45, 7) is 1.92. The molecule has 4 heteroatoms. The van der Waals surface area contributed by atoms with E-state index in [0.29, 0.717) is 12.0 Å². The lowest BCUT2D eigenvalue weighted by Crippen LogP contribution is -2.28. The van der Waals surface area contributed by atoms with E-state index in [1.165, 1.54) is 7.11 Å². The monoisotopic (exact) mass is 238 g/mol. The van der Waals surface area contributed by atoms with Gasteiger partial charge in [-0.15, -0.1) is 0 Å². The van der Waals surface area contributed by atoms with E-state index in [0.717, 1.165) is 0 Å². The molecule has 0 spiro atoms. The molecule has 1 aromatic rings. The van der Waals surface area contributed by atoms with Crippen LogP contribution in [0.15, 0.2) is 24.3 Å². The van der Waals surface area contributed by atoms with Crippen LogP contribution in [0.1, 0.15) is 24.8 Å². The minimum atomic E-state index is -0.601. The minimum absolute atomic E-state index is 0.0819. The van der Waals surface area contributed by atoms with E-state index in [-0.39, 0.29) is 11.9 Å². The van der Waals surface area contributed by atoms with Crippen LogP contribution in [0.3, 0.4) is 0 Å². The highest BCUT2D eigenvalue weighted by Crippen LogP contribution is 2.31. The van der Waals surface area contributed by atoms with Crippen molar-refractivity contribution in [2.45, 2.75) is 25.4 Å². The third-order valence-corrected chi connectivity index (χ3v) is 2.80. The highest BCUT2D eigenvalue weighted by Gasteiger charge is 2.31. The molecule has 0 aliphatic heterocycles. The maximum atomic E-state index is 11.8. The van der Waals surface area contributed by atoms with Crippen molar-refractivity contribution in [3.8, 4) is 5.75 Å². The zero-order valence-corrected chi connectivity index (χ0v) is 10.3. The molecule has 0 saturated carbocycles. The molecule has 17 heavy (non-hydrogen) atoms. The van der Waals surface area contributed by atoms with Crippen LogP contribution in [-0.2, 0) is 14.3 Å². The summed E-state index contributed by atoms with van der Waals surface area (Å²) in [7, 11) is 2.88. The Morgan fingerprint density at radius 1 is 1.35 bits per heavy atom. The van der Waals surface area contributed by atoms with Crippen molar-refractivity contribution in [2.75, 3.05) is 14.2 Å². The standard InChI is InChI=1S/C13H18O4/c1-4-11(16-2)12(13(15)17-3)9-7-5-6-8-10(9)14/h5-8,11-12,14H,4H2,1-3H3. The number of ether oxygens (including phenoxy) is 2. The summed E-state index contributed by atoms with van der Waals surface area (Å²) in [6, 6.07) is 6.74. The molecule has 1 rings (SSSR count). The van der Waals surface area contributed by atoms with Crippen LogP contribution < -0.4 is 0 Å². The van der Waals surface area contributed by atoms with E-state index in [1.807, 2.05) is 6.92 Å². The van der Waals surface area contributed by atoms with Gasteiger partial charge in [-0.2, -0.15) is 0 Å². The molecular formula is C13H18O4. The maximum Gasteiger partial charge on any atom is 0.315 e. The highest BCUT2D eigenvalue weighted by atomic mass is 16.5. The smallest absolute Gasteiger partial charge is 0.315 e. The van der Waals surface area contributed by atoms with E-state index >= 15 is 0 Å². The summed E-state index contributed by atoms with van der Waals surface area (Å²) in [4.78, 5) is 11.8. The first-order valence-corrected chi connectivity index (χ1v) is 5.54. The average molecular weight is 238 g/mol. The van der Waals surface area contributed by atoms with Crippen molar-refractivity contribution in [1.82, 2.24) is 0 Å². The summed E-state index contributed by atoms with van der Waals surface area (Å²) in [5, 5.41) is 9.80. The van der Waals surface area contributed by atoms with Gasteiger partial charge in [0.1, 0.15) is 11.7 Å². The van der Waals surface area contributed by atoms with Crippen molar-refractivity contribution in [1.29, 1.82) is 0 Å². The normalized spacial score (nSPS) is 14.1. The van der Waals surface area contributed by atoms with E-state index in [2.05, 4.69) is 0 Å². The van der Waals surface area contributed by atoms with Gasteiger partial charge in [-0.1, -0.05) is 25.1 Å². The van der Waals surface area contributed by atoms with Crippen LogP contribution in [0.4, 0.5) is 0 Å². The Morgan fingerprint density at radius 2 is 2.00 bits per heavy atom. The van der Waals surface area contributed by atoms with Crippen LogP contribution in [0, 0.1) is 0 Å². The zero-order chi connectivity index (χ0) is 12.8. The van der Waals surface area contributed by atoms with E-state index < -0.39 is 11.9 Å². The van der Waals surface area contributed by atoms with E-state index in [1.54, 1.807) is 31.4 Å². The molecule has 0 radical (unpaired) electrons. The van der Waals surface area contributed by atoms with Gasteiger partial charge in [0.2, 0.25) is 0 Å². The third-order valence-electron chi connectivity index (χ3n) is 2.80. The van der Waals surface area contributed by atoms with Crippen LogP contribution in [-0.4, -0.2) is 31.4 Å². The first kappa shape index (κ1) is 13.5. The summed E-state index contributed by atoms with van der Waals surface area (Å²) in [6.07, 6.45) is 0.348. The number of carbonyl (C=O) groups is 1. The van der Waals surface area contributed by atoms with E-state index in [4.69, 9.17) is 9.47 Å². The summed E-state index contributed by atoms with van der Waals surface area (Å²) >= 11 is 0. The fraction of sp³-hybridized carbons (Fsp3) is 0.462. The number of hydrogen-bond donors (Lipinski definition) is 1. The van der Waals surface area contributed by atoms with Crippen LogP contribution in [0.25, 0.3) is 0 Å². The summed E-state index contributed by atoms with van der Waals surface area (Å²) in [5.74, 6) is -0.921. The Hall–Kier alpha value is -1.55. The number of benzene rings is 1. The second-order valence-corrected chi connectivity index (χ2v) is 3.74. The van der Waals surface area contributed by atoms with Gasteiger partial charge in [-0.25, -0.2) is 0 Å². The maximum absolute atomic E-state index is 11.8. The molecule has 1 aromatic carbocycles. The lowest BCUT2D eigenvalue weighted by atomic mass is 9.91. The number of rotatable bonds is 5. The lowest BCUT2D eigenvalue weighted by Gasteiger charge is -2.23. The van der Waals surface area contributed by atoms with E-state index in [9.17, 15) is 9.90 Å². The molecule has 4 nitrogen and oxygen atoms in total. The van der Waals surface area contributed by atoms with Crippen molar-refractivity contribution in [3.05, 3.63) is 29.8 Å². The fourth-order valence-corrected chi connectivity index (χ4v) is 1.89. The van der Waals surface area contributed by atoms with Gasteiger partial charge in [0.05, 0.1) is 13.2 Å². The largest absolute Gasteiger partial charge is 0.508 e. The van der Waals surface area contributed by atoms with Crippen LogP contribution >= 0.6 is 0 Å². The Balaban J connectivity index is 3.14. The van der Waals surface area contributed by atoms with Gasteiger partial charge in [0.25, 0.3) is 0 Å². The second kappa shape index (κ2) is 6.25. The number of hydrogen-bond acceptors (Lipinski definition) is 4. The lowest BCUT2D eigenvalue weighted by molar-refractivity contribution is -0.146. The Morgan fingerprint density at radius 3 is 2.47 bits per heavy atom. The van der Waals surface area contributed by atoms with Crippen LogP contribution in [0.5, 0.6) is 5.75 Å². The number of para-hydroxylation sites is 1. The van der Waals surface area contributed by atoms with Crippen molar-refractivity contribution in [2.24, 2.45) is 0 Å². The molecule has 0 aliphatic rings. The molecule has 0 heterocycles. The predicted molar refractivity (Wildman–Crippen MR) is 64.0 cm³/mol. The van der Waals surface area contributed by atoms with Gasteiger partial charge >= 0.3 is 5.97 Å². The number of esters is 1. The fourth-order valence-electron chi connectivity index (χ4n) is 1.89. The third kappa shape index (κ3) is 2.97. The average Bonchev–Trinajstić information content (AvgIpc) is 2.36. The summed E-state index contributed by atoms with van der Waals surface area (Å²) in [5.41, 5.74) is 0.535. The first-order valence-electron chi connectivity index (χ1n) is 5.54. The number of phenolic OH excluding ortho intramolecular Hbond substituents is 1. The first-order chi connectivity index (χ1) is 8.15. The molecule has 94 valence electrons. The predicted octanol–water partition coefficient (Wildman–Crippen LogP) is 2.07. The molecule has 0 saturated heterocycles. The number of aromatic hydroxyl groups is 1. The van der Waals surface area contributed by atoms with Gasteiger partial charge in [0, 0.05) is 12.7 Å². The number of methoxy groups -OCH3 is 2. The van der Waals surface area contributed by atoms with Gasteiger partial charge in [-0.05, 0) is 12.5 Å². The molecule has 1 N–H and O–H groups in total. The van der Waals surface area contributed by atoms with Crippen LogP contribution in [0.2, 0.25) is 0 Å². The number of phenols is 1. The highest BCUT2D eigenvalue weighted by molar-refractivity contribution is 5.79. The minimum Gasteiger partial charge on any atom is -0.508 e. The topological polar surface area (TPSA) is 55.8 Å². The Kier molecular flexibility index (Phi) is 4.97. The Labute approximate surface area is 101 Å². The quantitative estimate of drug-likeness (QED) is 0.798. The van der Waals surface area contributed by atoms with Gasteiger partial charge < -0.3 is 14.6 Å². The second-order valence-electron chi connectivity index (χ2n) is 3.74. The molecule has 2 unspecified atom stereocenters.